The zero-order valence-electron chi connectivity index (χ0n) is 6.30. The molecule has 3 unspecified atom stereocenters. The van der Waals surface area contributed by atoms with Gasteiger partial charge >= 0.3 is 0 Å². The minimum absolute atomic E-state index is 0.160. The zero-order chi connectivity index (χ0) is 7.47. The fraction of sp³-hybridized carbons (Fsp3) is 0.875. The number of carbonyl (C=O) groups excluding carboxylic acids is 1. The first kappa shape index (κ1) is 6.00. The maximum Gasteiger partial charge on any atom is 0.223 e. The lowest BCUT2D eigenvalue weighted by atomic mass is 10.0. The van der Waals surface area contributed by atoms with Crippen molar-refractivity contribution >= 4 is 5.91 Å². The third-order valence-electron chi connectivity index (χ3n) is 3.22. The second-order valence-corrected chi connectivity index (χ2v) is 3.99. The van der Waals surface area contributed by atoms with Gasteiger partial charge in [0.1, 0.15) is 0 Å². The minimum atomic E-state index is 0.160. The van der Waals surface area contributed by atoms with E-state index in [1.54, 1.807) is 0 Å². The molecule has 1 aliphatic carbocycles. The molecule has 0 aromatic rings. The number of hydrogen-bond donors (Lipinski definition) is 1. The molecule has 0 bridgehead atoms. The molecule has 3 aliphatic rings. The highest BCUT2D eigenvalue weighted by molar-refractivity contribution is 5.81. The van der Waals surface area contributed by atoms with Gasteiger partial charge in [-0.25, -0.2) is 0 Å². The van der Waals surface area contributed by atoms with E-state index in [4.69, 9.17) is 4.74 Å². The molecule has 3 rings (SSSR count). The van der Waals surface area contributed by atoms with Gasteiger partial charge < -0.3 is 10.1 Å². The predicted octanol–water partition coefficient (Wildman–Crippen LogP) is -0.0886. The number of fused-ring (bicyclic) bond motifs is 1. The molecule has 2 aliphatic heterocycles. The average molecular weight is 153 g/mol. The average Bonchev–Trinajstić information content (AvgIpc) is 2.48. The van der Waals surface area contributed by atoms with Gasteiger partial charge in [-0.15, -0.1) is 0 Å². The molecule has 1 spiro atoms. The smallest absolute Gasteiger partial charge is 0.223 e. The van der Waals surface area contributed by atoms with Gasteiger partial charge in [-0.05, 0) is 18.8 Å². The third-order valence-corrected chi connectivity index (χ3v) is 3.22. The van der Waals surface area contributed by atoms with Gasteiger partial charge in [0, 0.05) is 12.5 Å². The maximum absolute atomic E-state index is 11.2. The second-order valence-electron chi connectivity index (χ2n) is 3.99. The van der Waals surface area contributed by atoms with Crippen LogP contribution in [0.2, 0.25) is 0 Å². The summed E-state index contributed by atoms with van der Waals surface area (Å²) in [4.78, 5) is 11.2. The molecule has 2 heterocycles. The van der Waals surface area contributed by atoms with Crippen LogP contribution in [-0.2, 0) is 9.53 Å². The number of hydrogen-bond acceptors (Lipinski definition) is 2. The molecule has 1 saturated carbocycles. The molecule has 2 saturated heterocycles. The Hall–Kier alpha value is -0.570. The summed E-state index contributed by atoms with van der Waals surface area (Å²) in [5.74, 6) is 1.10. The molecule has 3 atom stereocenters. The van der Waals surface area contributed by atoms with Crippen molar-refractivity contribution in [1.29, 1.82) is 0 Å². The largest absolute Gasteiger partial charge is 0.370 e. The Morgan fingerprint density at radius 1 is 1.55 bits per heavy atom. The van der Waals surface area contributed by atoms with Gasteiger partial charge in [-0.2, -0.15) is 0 Å². The Balaban J connectivity index is 1.87. The van der Waals surface area contributed by atoms with E-state index in [9.17, 15) is 4.79 Å². The van der Waals surface area contributed by atoms with Gasteiger partial charge in [0.25, 0.3) is 0 Å². The molecule has 1 N–H and O–H groups in total. The highest BCUT2D eigenvalue weighted by Crippen LogP contribution is 2.50. The van der Waals surface area contributed by atoms with E-state index < -0.39 is 0 Å². The fourth-order valence-corrected chi connectivity index (χ4v) is 2.49. The normalized spacial score (nSPS) is 52.9. The van der Waals surface area contributed by atoms with Crippen LogP contribution in [0.1, 0.15) is 12.8 Å². The van der Waals surface area contributed by atoms with Crippen molar-refractivity contribution in [2.75, 3.05) is 13.2 Å². The Morgan fingerprint density at radius 2 is 2.36 bits per heavy atom. The van der Waals surface area contributed by atoms with Gasteiger partial charge in [0.2, 0.25) is 5.91 Å². The monoisotopic (exact) mass is 153 g/mol. The van der Waals surface area contributed by atoms with Gasteiger partial charge in [0.05, 0.1) is 12.2 Å². The maximum atomic E-state index is 11.2. The lowest BCUT2D eigenvalue weighted by Crippen LogP contribution is -2.21. The Bertz CT molecular complexity index is 222. The van der Waals surface area contributed by atoms with Crippen LogP contribution in [0.15, 0.2) is 0 Å². The standard InChI is InChI=1S/C8H11NO2/c10-7-6-2-8(4-11-8)1-5(6)3-9-7/h5-6H,1-4H2,(H,9,10). The van der Waals surface area contributed by atoms with Crippen LogP contribution in [0.3, 0.4) is 0 Å². The van der Waals surface area contributed by atoms with Crippen molar-refractivity contribution in [2.24, 2.45) is 11.8 Å². The van der Waals surface area contributed by atoms with Crippen LogP contribution in [0, 0.1) is 11.8 Å². The molecule has 3 nitrogen and oxygen atoms in total. The summed E-state index contributed by atoms with van der Waals surface area (Å²) < 4.78 is 5.36. The number of carbonyl (C=O) groups is 1. The number of epoxide rings is 1. The van der Waals surface area contributed by atoms with Gasteiger partial charge in [-0.1, -0.05) is 0 Å². The summed E-state index contributed by atoms with van der Waals surface area (Å²) in [6, 6.07) is 0. The minimum Gasteiger partial charge on any atom is -0.370 e. The van der Waals surface area contributed by atoms with E-state index in [1.807, 2.05) is 0 Å². The Kier molecular flexibility index (Phi) is 0.876. The van der Waals surface area contributed by atoms with Gasteiger partial charge in [-0.3, -0.25) is 4.79 Å². The van der Waals surface area contributed by atoms with Crippen LogP contribution in [0.4, 0.5) is 0 Å². The molecule has 0 radical (unpaired) electrons. The van der Waals surface area contributed by atoms with E-state index >= 15 is 0 Å². The molecular weight excluding hydrogens is 142 g/mol. The van der Waals surface area contributed by atoms with Crippen LogP contribution in [0.5, 0.6) is 0 Å². The zero-order valence-corrected chi connectivity index (χ0v) is 6.30. The number of rotatable bonds is 0. The number of nitrogens with one attached hydrogen (secondary N) is 1. The van der Waals surface area contributed by atoms with E-state index in [-0.39, 0.29) is 17.4 Å². The van der Waals surface area contributed by atoms with E-state index in [0.717, 1.165) is 26.0 Å². The lowest BCUT2D eigenvalue weighted by molar-refractivity contribution is -0.122. The third kappa shape index (κ3) is 0.692. The predicted molar refractivity (Wildman–Crippen MR) is 37.9 cm³/mol. The first-order valence-electron chi connectivity index (χ1n) is 4.21. The van der Waals surface area contributed by atoms with Crippen molar-refractivity contribution < 1.29 is 9.53 Å². The second kappa shape index (κ2) is 1.61. The molecule has 60 valence electrons. The first-order chi connectivity index (χ1) is 5.29. The van der Waals surface area contributed by atoms with Crippen LogP contribution < -0.4 is 5.32 Å². The highest BCUT2D eigenvalue weighted by Gasteiger charge is 2.58. The first-order valence-corrected chi connectivity index (χ1v) is 4.21. The topological polar surface area (TPSA) is 41.6 Å². The quantitative estimate of drug-likeness (QED) is 0.494. The van der Waals surface area contributed by atoms with Gasteiger partial charge in [0.15, 0.2) is 0 Å². The van der Waals surface area contributed by atoms with Crippen molar-refractivity contribution in [3.8, 4) is 0 Å². The van der Waals surface area contributed by atoms with Crippen LogP contribution in [-0.4, -0.2) is 24.7 Å². The van der Waals surface area contributed by atoms with Crippen molar-refractivity contribution in [2.45, 2.75) is 18.4 Å². The molecule has 0 aromatic heterocycles. The summed E-state index contributed by atoms with van der Waals surface area (Å²) in [5.41, 5.74) is 0.160. The van der Waals surface area contributed by atoms with E-state index in [1.165, 1.54) is 0 Å². The summed E-state index contributed by atoms with van der Waals surface area (Å²) in [6.07, 6.45) is 2.08. The summed E-state index contributed by atoms with van der Waals surface area (Å²) in [6.45, 7) is 1.78. The molecule has 0 aromatic carbocycles. The summed E-state index contributed by atoms with van der Waals surface area (Å²) in [7, 11) is 0. The molecule has 3 heteroatoms. The van der Waals surface area contributed by atoms with E-state index in [2.05, 4.69) is 5.32 Å². The van der Waals surface area contributed by atoms with E-state index in [0.29, 0.717) is 5.92 Å². The number of amides is 1. The molecule has 1 amide bonds. The highest BCUT2D eigenvalue weighted by atomic mass is 16.6. The van der Waals surface area contributed by atoms with Crippen molar-refractivity contribution in [3.63, 3.8) is 0 Å². The molecule has 3 fully saturated rings. The lowest BCUT2D eigenvalue weighted by Gasteiger charge is -2.01. The van der Waals surface area contributed by atoms with Crippen LogP contribution >= 0.6 is 0 Å². The van der Waals surface area contributed by atoms with Crippen molar-refractivity contribution in [1.82, 2.24) is 5.32 Å². The van der Waals surface area contributed by atoms with Crippen molar-refractivity contribution in [3.05, 3.63) is 0 Å². The Morgan fingerprint density at radius 3 is 3.00 bits per heavy atom. The summed E-state index contributed by atoms with van der Waals surface area (Å²) in [5, 5.41) is 2.89. The number of ether oxygens (including phenoxy) is 1. The molecular formula is C8H11NO2. The summed E-state index contributed by atoms with van der Waals surface area (Å²) >= 11 is 0. The molecule has 11 heavy (non-hydrogen) atoms. The Labute approximate surface area is 65.1 Å². The van der Waals surface area contributed by atoms with Crippen LogP contribution in [0.25, 0.3) is 0 Å². The fourth-order valence-electron chi connectivity index (χ4n) is 2.49. The SMILES string of the molecule is O=C1NCC2CC3(CO3)CC12.